The Bertz CT molecular complexity index is 800. The number of anilines is 1. The quantitative estimate of drug-likeness (QED) is 0.306. The highest BCUT2D eigenvalue weighted by atomic mass is 32.2. The van der Waals surface area contributed by atoms with Crippen LogP contribution in [0.2, 0.25) is 0 Å². The molecule has 2 unspecified atom stereocenters. The summed E-state index contributed by atoms with van der Waals surface area (Å²) in [5.41, 5.74) is -2.16. The van der Waals surface area contributed by atoms with Gasteiger partial charge >= 0.3 is 18.1 Å². The smallest absolute Gasteiger partial charge is 0.471 e. The van der Waals surface area contributed by atoms with E-state index in [4.69, 9.17) is 4.74 Å². The number of esters is 1. The molecule has 1 amide bonds. The van der Waals surface area contributed by atoms with Gasteiger partial charge in [-0.2, -0.15) is 13.2 Å². The van der Waals surface area contributed by atoms with Gasteiger partial charge in [0.05, 0.1) is 11.6 Å². The Morgan fingerprint density at radius 1 is 1.23 bits per heavy atom. The molecule has 12 heteroatoms. The summed E-state index contributed by atoms with van der Waals surface area (Å²) in [6, 6.07) is 2.75. The van der Waals surface area contributed by atoms with Gasteiger partial charge in [-0.25, -0.2) is 4.39 Å². The van der Waals surface area contributed by atoms with Gasteiger partial charge in [0.2, 0.25) is 0 Å². The maximum Gasteiger partial charge on any atom is 0.471 e. The predicted octanol–water partition coefficient (Wildman–Crippen LogP) is 2.91. The molecule has 1 aromatic rings. The highest BCUT2D eigenvalue weighted by Gasteiger charge is 2.42. The van der Waals surface area contributed by atoms with E-state index in [1.54, 1.807) is 26.1 Å². The van der Waals surface area contributed by atoms with Gasteiger partial charge in [0.1, 0.15) is 17.2 Å². The minimum atomic E-state index is -5.15. The molecule has 3 atom stereocenters. The van der Waals surface area contributed by atoms with Gasteiger partial charge in [-0.05, 0) is 45.9 Å². The number of carbonyl (C=O) groups is 2. The van der Waals surface area contributed by atoms with Crippen LogP contribution in [0.5, 0.6) is 0 Å². The van der Waals surface area contributed by atoms with Crippen molar-refractivity contribution in [2.45, 2.75) is 63.6 Å². The van der Waals surface area contributed by atoms with Crippen LogP contribution in [0.15, 0.2) is 18.2 Å². The van der Waals surface area contributed by atoms with Crippen LogP contribution in [-0.4, -0.2) is 45.2 Å². The SMILES string of the molecule is CC(=O)OCC(O)C[C@](C)(N[S+]([O-])C(C)(C)C)c1cc(NC(=O)C(F)(F)F)ccc1F. The van der Waals surface area contributed by atoms with Crippen molar-refractivity contribution in [3.8, 4) is 0 Å². The number of amides is 1. The third-order valence-corrected chi connectivity index (χ3v) is 5.82. The van der Waals surface area contributed by atoms with Crippen molar-refractivity contribution < 1.29 is 41.5 Å². The Morgan fingerprint density at radius 2 is 1.81 bits per heavy atom. The first kappa shape index (κ1) is 27.1. The molecule has 1 rings (SSSR count). The van der Waals surface area contributed by atoms with Gasteiger partial charge in [-0.15, -0.1) is 4.72 Å². The Labute approximate surface area is 180 Å². The molecule has 7 nitrogen and oxygen atoms in total. The Balaban J connectivity index is 3.34. The van der Waals surface area contributed by atoms with Crippen molar-refractivity contribution >= 4 is 28.9 Å². The third kappa shape index (κ3) is 8.28. The van der Waals surface area contributed by atoms with Gasteiger partial charge < -0.3 is 19.7 Å². The molecule has 3 N–H and O–H groups in total. The number of benzene rings is 1. The van der Waals surface area contributed by atoms with Crippen molar-refractivity contribution in [1.29, 1.82) is 0 Å². The monoisotopic (exact) mass is 470 g/mol. The van der Waals surface area contributed by atoms with Gasteiger partial charge in [0, 0.05) is 36.0 Å². The van der Waals surface area contributed by atoms with Crippen LogP contribution in [0.3, 0.4) is 0 Å². The fourth-order valence-corrected chi connectivity index (χ4v) is 3.44. The lowest BCUT2D eigenvalue weighted by molar-refractivity contribution is -0.167. The van der Waals surface area contributed by atoms with Crippen LogP contribution in [0.25, 0.3) is 0 Å². The average molecular weight is 470 g/mol. The van der Waals surface area contributed by atoms with E-state index < -0.39 is 58.2 Å². The Kier molecular flexibility index (Phi) is 8.89. The zero-order valence-electron chi connectivity index (χ0n) is 17.7. The molecule has 0 aliphatic rings. The molecule has 176 valence electrons. The number of rotatable bonds is 8. The number of carbonyl (C=O) groups excluding carboxylic acids is 2. The lowest BCUT2D eigenvalue weighted by atomic mass is 9.86. The van der Waals surface area contributed by atoms with Crippen LogP contribution < -0.4 is 10.0 Å². The molecule has 0 heterocycles. The second kappa shape index (κ2) is 10.2. The standard InChI is InChI=1S/C19H26F4N2O5S/c1-11(26)30-10-13(27)9-18(5,25-31(29)17(2,3)4)14-8-12(6-7-15(14)20)24-16(28)19(21,22)23/h6-8,13,25,27H,9-10H2,1-5H3,(H,24,28)/t13?,18-,31?/m0/s1. The van der Waals surface area contributed by atoms with Gasteiger partial charge in [-0.1, -0.05) is 0 Å². The number of alkyl halides is 3. The van der Waals surface area contributed by atoms with Crippen molar-refractivity contribution in [3.05, 3.63) is 29.6 Å². The summed E-state index contributed by atoms with van der Waals surface area (Å²) in [6.45, 7) is 7.01. The Morgan fingerprint density at radius 3 is 2.29 bits per heavy atom. The number of halogens is 4. The average Bonchev–Trinajstić information content (AvgIpc) is 2.59. The van der Waals surface area contributed by atoms with Gasteiger partial charge in [0.25, 0.3) is 0 Å². The first-order valence-corrected chi connectivity index (χ1v) is 10.3. The lowest BCUT2D eigenvalue weighted by Crippen LogP contribution is -2.52. The minimum absolute atomic E-state index is 0.244. The maximum atomic E-state index is 14.7. The van der Waals surface area contributed by atoms with E-state index in [1.807, 2.05) is 0 Å². The van der Waals surface area contributed by atoms with Crippen molar-refractivity contribution in [3.63, 3.8) is 0 Å². The maximum absolute atomic E-state index is 14.7. The van der Waals surface area contributed by atoms with E-state index in [0.29, 0.717) is 0 Å². The van der Waals surface area contributed by atoms with E-state index in [0.717, 1.165) is 25.1 Å². The molecule has 0 aliphatic heterocycles. The second-order valence-electron chi connectivity index (χ2n) is 8.12. The molecule has 0 saturated heterocycles. The molecule has 0 spiro atoms. The predicted molar refractivity (Wildman–Crippen MR) is 107 cm³/mol. The normalized spacial score (nSPS) is 16.2. The summed E-state index contributed by atoms with van der Waals surface area (Å²) in [5, 5.41) is 11.9. The largest absolute Gasteiger partial charge is 0.598 e. The summed E-state index contributed by atoms with van der Waals surface area (Å²) < 4.78 is 71.7. The summed E-state index contributed by atoms with van der Waals surface area (Å²) in [6.07, 6.45) is -6.77. The molecule has 31 heavy (non-hydrogen) atoms. The number of ether oxygens (including phenoxy) is 1. The fraction of sp³-hybridized carbons (Fsp3) is 0.579. The molecular formula is C19H26F4N2O5S. The van der Waals surface area contributed by atoms with Crippen LogP contribution >= 0.6 is 0 Å². The highest BCUT2D eigenvalue weighted by molar-refractivity contribution is 7.90. The number of hydrogen-bond donors (Lipinski definition) is 3. The lowest BCUT2D eigenvalue weighted by Gasteiger charge is -2.36. The topological polar surface area (TPSA) is 111 Å². The third-order valence-electron chi connectivity index (χ3n) is 4.07. The molecule has 0 bridgehead atoms. The minimum Gasteiger partial charge on any atom is -0.598 e. The molecule has 0 aliphatic carbocycles. The van der Waals surface area contributed by atoms with Crippen LogP contribution in [0, 0.1) is 5.82 Å². The van der Waals surface area contributed by atoms with E-state index in [1.165, 1.54) is 6.92 Å². The molecule has 0 aromatic heterocycles. The molecule has 0 fully saturated rings. The molecule has 0 radical (unpaired) electrons. The van der Waals surface area contributed by atoms with Crippen LogP contribution in [0.1, 0.15) is 46.6 Å². The summed E-state index contributed by atoms with van der Waals surface area (Å²) in [5.74, 6) is -3.77. The zero-order valence-corrected chi connectivity index (χ0v) is 18.5. The first-order valence-electron chi connectivity index (χ1n) is 9.15. The van der Waals surface area contributed by atoms with Crippen LogP contribution in [-0.2, 0) is 31.2 Å². The molecule has 0 saturated carbocycles. The van der Waals surface area contributed by atoms with Crippen molar-refractivity contribution in [1.82, 2.24) is 4.72 Å². The van der Waals surface area contributed by atoms with Gasteiger partial charge in [-0.3, -0.25) is 9.59 Å². The second-order valence-corrected chi connectivity index (χ2v) is 10.1. The summed E-state index contributed by atoms with van der Waals surface area (Å²) in [4.78, 5) is 22.2. The van der Waals surface area contributed by atoms with Gasteiger partial charge in [0.15, 0.2) is 0 Å². The number of hydrogen-bond acceptors (Lipinski definition) is 6. The van der Waals surface area contributed by atoms with Crippen molar-refractivity contribution in [2.75, 3.05) is 11.9 Å². The van der Waals surface area contributed by atoms with Crippen molar-refractivity contribution in [2.24, 2.45) is 0 Å². The Hall–Kier alpha value is -1.89. The first-order chi connectivity index (χ1) is 14.0. The van der Waals surface area contributed by atoms with E-state index >= 15 is 0 Å². The molecule has 1 aromatic carbocycles. The van der Waals surface area contributed by atoms with Crippen LogP contribution in [0.4, 0.5) is 23.2 Å². The van der Waals surface area contributed by atoms with E-state index in [9.17, 15) is 36.8 Å². The summed E-state index contributed by atoms with van der Waals surface area (Å²) in [7, 11) is 0. The number of aliphatic hydroxyl groups excluding tert-OH is 1. The number of aliphatic hydroxyl groups is 1. The van der Waals surface area contributed by atoms with E-state index in [2.05, 4.69) is 4.72 Å². The zero-order chi connectivity index (χ0) is 24.2. The van der Waals surface area contributed by atoms with E-state index in [-0.39, 0.29) is 17.7 Å². The summed E-state index contributed by atoms with van der Waals surface area (Å²) >= 11 is -1.78. The fourth-order valence-electron chi connectivity index (χ4n) is 2.54. The number of nitrogens with one attached hydrogen (secondary N) is 2. The molecular weight excluding hydrogens is 444 g/mol. The highest BCUT2D eigenvalue weighted by Crippen LogP contribution is 2.33.